The lowest BCUT2D eigenvalue weighted by Gasteiger charge is -2.39. The molecule has 1 unspecified atom stereocenters. The van der Waals surface area contributed by atoms with Crippen LogP contribution in [0.4, 0.5) is 10.2 Å². The van der Waals surface area contributed by atoms with Crippen molar-refractivity contribution < 1.29 is 4.39 Å². The van der Waals surface area contributed by atoms with Crippen molar-refractivity contribution in [2.24, 2.45) is 0 Å². The van der Waals surface area contributed by atoms with Gasteiger partial charge in [0.2, 0.25) is 0 Å². The van der Waals surface area contributed by atoms with Gasteiger partial charge in [-0.3, -0.25) is 15.0 Å². The Labute approximate surface area is 164 Å². The first-order chi connectivity index (χ1) is 13.6. The van der Waals surface area contributed by atoms with E-state index in [0.717, 1.165) is 43.4 Å². The minimum Gasteiger partial charge on any atom is -0.352 e. The highest BCUT2D eigenvalue weighted by molar-refractivity contribution is 5.72. The molecule has 0 aliphatic carbocycles. The fourth-order valence-electron chi connectivity index (χ4n) is 4.08. The van der Waals surface area contributed by atoms with E-state index in [4.69, 9.17) is 0 Å². The van der Waals surface area contributed by atoms with Crippen molar-refractivity contribution >= 4 is 5.82 Å². The van der Waals surface area contributed by atoms with Crippen molar-refractivity contribution in [3.05, 3.63) is 59.4 Å². The summed E-state index contributed by atoms with van der Waals surface area (Å²) in [5, 5.41) is 7.41. The SMILES string of the molecule is Cc1n[nH]c(C)c1C(C)N1CCN(c2nccnc2-c2ccccc2F)CC1. The van der Waals surface area contributed by atoms with Crippen LogP contribution in [0.1, 0.15) is 29.9 Å². The van der Waals surface area contributed by atoms with Gasteiger partial charge in [0.15, 0.2) is 5.82 Å². The van der Waals surface area contributed by atoms with E-state index in [1.807, 2.05) is 13.0 Å². The maximum absolute atomic E-state index is 14.3. The number of hydrogen-bond donors (Lipinski definition) is 1. The van der Waals surface area contributed by atoms with Crippen molar-refractivity contribution in [2.75, 3.05) is 31.1 Å². The molecule has 0 amide bonds. The van der Waals surface area contributed by atoms with Crippen LogP contribution in [0.2, 0.25) is 0 Å². The molecule has 1 fully saturated rings. The Morgan fingerprint density at radius 1 is 1.04 bits per heavy atom. The molecule has 0 radical (unpaired) electrons. The highest BCUT2D eigenvalue weighted by atomic mass is 19.1. The van der Waals surface area contributed by atoms with E-state index in [1.165, 1.54) is 11.6 Å². The minimum atomic E-state index is -0.276. The number of halogens is 1. The molecule has 1 aromatic carbocycles. The smallest absolute Gasteiger partial charge is 0.155 e. The lowest BCUT2D eigenvalue weighted by molar-refractivity contribution is 0.197. The summed E-state index contributed by atoms with van der Waals surface area (Å²) in [6.45, 7) is 9.79. The maximum atomic E-state index is 14.3. The van der Waals surface area contributed by atoms with Crippen LogP contribution in [0, 0.1) is 19.7 Å². The highest BCUT2D eigenvalue weighted by Gasteiger charge is 2.27. The molecule has 1 saturated heterocycles. The number of hydrogen-bond acceptors (Lipinski definition) is 5. The largest absolute Gasteiger partial charge is 0.352 e. The second-order valence-corrected chi connectivity index (χ2v) is 7.26. The van der Waals surface area contributed by atoms with E-state index in [1.54, 1.807) is 24.5 Å². The number of benzene rings is 1. The van der Waals surface area contributed by atoms with Gasteiger partial charge in [-0.15, -0.1) is 0 Å². The van der Waals surface area contributed by atoms with Crippen LogP contribution in [0.3, 0.4) is 0 Å². The summed E-state index contributed by atoms with van der Waals surface area (Å²) in [6.07, 6.45) is 3.29. The predicted octanol–water partition coefficient (Wildman–Crippen LogP) is 3.51. The van der Waals surface area contributed by atoms with E-state index in [-0.39, 0.29) is 5.82 Å². The summed E-state index contributed by atoms with van der Waals surface area (Å²) in [5.41, 5.74) is 4.56. The summed E-state index contributed by atoms with van der Waals surface area (Å²) in [5.74, 6) is 0.470. The molecule has 2 aromatic heterocycles. The second kappa shape index (κ2) is 7.67. The zero-order chi connectivity index (χ0) is 19.7. The number of piperazine rings is 1. The minimum absolute atomic E-state index is 0.276. The number of aromatic amines is 1. The summed E-state index contributed by atoms with van der Waals surface area (Å²) in [6, 6.07) is 7.03. The van der Waals surface area contributed by atoms with E-state index in [0.29, 0.717) is 17.3 Å². The van der Waals surface area contributed by atoms with Crippen molar-refractivity contribution in [2.45, 2.75) is 26.8 Å². The molecule has 0 saturated carbocycles. The molecule has 1 atom stereocenters. The quantitative estimate of drug-likeness (QED) is 0.751. The Morgan fingerprint density at radius 3 is 2.43 bits per heavy atom. The van der Waals surface area contributed by atoms with Crippen LogP contribution in [0.15, 0.2) is 36.7 Å². The zero-order valence-electron chi connectivity index (χ0n) is 16.5. The second-order valence-electron chi connectivity index (χ2n) is 7.26. The lowest BCUT2D eigenvalue weighted by Crippen LogP contribution is -2.47. The average Bonchev–Trinajstić information content (AvgIpc) is 3.06. The first-order valence-corrected chi connectivity index (χ1v) is 9.62. The maximum Gasteiger partial charge on any atom is 0.155 e. The summed E-state index contributed by atoms with van der Waals surface area (Å²) >= 11 is 0. The Balaban J connectivity index is 1.53. The third-order valence-electron chi connectivity index (χ3n) is 5.57. The molecule has 3 heterocycles. The summed E-state index contributed by atoms with van der Waals surface area (Å²) < 4.78 is 14.3. The van der Waals surface area contributed by atoms with E-state index < -0.39 is 0 Å². The third kappa shape index (κ3) is 3.38. The Hall–Kier alpha value is -2.80. The van der Waals surface area contributed by atoms with Gasteiger partial charge in [-0.05, 0) is 32.9 Å². The molecule has 1 N–H and O–H groups in total. The molecular formula is C21H25FN6. The molecule has 0 spiro atoms. The van der Waals surface area contributed by atoms with Gasteiger partial charge >= 0.3 is 0 Å². The first-order valence-electron chi connectivity index (χ1n) is 9.62. The Kier molecular flexibility index (Phi) is 5.09. The van der Waals surface area contributed by atoms with E-state index in [9.17, 15) is 4.39 Å². The van der Waals surface area contributed by atoms with Gasteiger partial charge < -0.3 is 4.90 Å². The van der Waals surface area contributed by atoms with Crippen LogP contribution in [-0.4, -0.2) is 51.2 Å². The molecule has 1 aliphatic heterocycles. The van der Waals surface area contributed by atoms with Crippen molar-refractivity contribution in [1.29, 1.82) is 0 Å². The van der Waals surface area contributed by atoms with Gasteiger partial charge in [0.05, 0.1) is 5.69 Å². The highest BCUT2D eigenvalue weighted by Crippen LogP contribution is 2.31. The molecule has 7 heteroatoms. The topological polar surface area (TPSA) is 60.9 Å². The van der Waals surface area contributed by atoms with Crippen molar-refractivity contribution in [3.63, 3.8) is 0 Å². The van der Waals surface area contributed by atoms with Crippen LogP contribution in [0.25, 0.3) is 11.3 Å². The fraction of sp³-hybridized carbons (Fsp3) is 0.381. The number of anilines is 1. The van der Waals surface area contributed by atoms with Gasteiger partial charge in [0.1, 0.15) is 11.5 Å². The van der Waals surface area contributed by atoms with Crippen LogP contribution in [0.5, 0.6) is 0 Å². The standard InChI is InChI=1S/C21H25FN6/c1-14-19(15(2)26-25-14)16(3)27-10-12-28(13-11-27)21-20(23-8-9-24-21)17-6-4-5-7-18(17)22/h4-9,16H,10-13H2,1-3H3,(H,25,26). The molecule has 4 rings (SSSR count). The molecule has 1 aliphatic rings. The van der Waals surface area contributed by atoms with Crippen LogP contribution in [-0.2, 0) is 0 Å². The summed E-state index contributed by atoms with van der Waals surface area (Å²) in [7, 11) is 0. The van der Waals surface area contributed by atoms with Crippen LogP contribution >= 0.6 is 0 Å². The number of nitrogens with zero attached hydrogens (tertiary/aromatic N) is 5. The van der Waals surface area contributed by atoms with E-state index in [2.05, 4.69) is 43.8 Å². The first kappa shape index (κ1) is 18.6. The summed E-state index contributed by atoms with van der Waals surface area (Å²) in [4.78, 5) is 13.6. The number of nitrogens with one attached hydrogen (secondary N) is 1. The predicted molar refractivity (Wildman–Crippen MR) is 108 cm³/mol. The molecule has 28 heavy (non-hydrogen) atoms. The molecule has 6 nitrogen and oxygen atoms in total. The number of rotatable bonds is 4. The van der Waals surface area contributed by atoms with Gasteiger partial charge in [-0.1, -0.05) is 12.1 Å². The molecule has 3 aromatic rings. The number of aryl methyl sites for hydroxylation is 2. The van der Waals surface area contributed by atoms with Gasteiger partial charge in [0, 0.05) is 61.4 Å². The number of aromatic nitrogens is 4. The Morgan fingerprint density at radius 2 is 1.75 bits per heavy atom. The normalized spacial score (nSPS) is 16.4. The molecule has 146 valence electrons. The van der Waals surface area contributed by atoms with Gasteiger partial charge in [-0.2, -0.15) is 5.10 Å². The lowest BCUT2D eigenvalue weighted by atomic mass is 10.0. The fourth-order valence-corrected chi connectivity index (χ4v) is 4.08. The molecular weight excluding hydrogens is 355 g/mol. The number of H-pyrrole nitrogens is 1. The van der Waals surface area contributed by atoms with E-state index >= 15 is 0 Å². The average molecular weight is 380 g/mol. The van der Waals surface area contributed by atoms with Gasteiger partial charge in [0.25, 0.3) is 0 Å². The van der Waals surface area contributed by atoms with Crippen molar-refractivity contribution in [3.8, 4) is 11.3 Å². The Bertz CT molecular complexity index is 942. The zero-order valence-corrected chi connectivity index (χ0v) is 16.5. The van der Waals surface area contributed by atoms with Crippen molar-refractivity contribution in [1.82, 2.24) is 25.1 Å². The molecule has 0 bridgehead atoms. The van der Waals surface area contributed by atoms with Crippen LogP contribution < -0.4 is 4.90 Å². The third-order valence-corrected chi connectivity index (χ3v) is 5.57. The monoisotopic (exact) mass is 380 g/mol. The van der Waals surface area contributed by atoms with Gasteiger partial charge in [-0.25, -0.2) is 9.37 Å².